The van der Waals surface area contributed by atoms with E-state index >= 15 is 0 Å². The first-order chi connectivity index (χ1) is 10.1. The van der Waals surface area contributed by atoms with E-state index in [1.54, 1.807) is 26.0 Å². The number of aromatic nitrogens is 1. The van der Waals surface area contributed by atoms with Gasteiger partial charge in [0.25, 0.3) is 0 Å². The number of fused-ring (bicyclic) bond motifs is 1. The summed E-state index contributed by atoms with van der Waals surface area (Å²) in [6, 6.07) is 3.23. The Morgan fingerprint density at radius 1 is 1.23 bits per heavy atom. The standard InChI is InChI=1S/C15H21ClN2O3S/c1-6-18(7-2)22(19,20)13-10(16)8-9-11-12(13)21-14(17-11)15(3,4)5/h8-9H,6-7H2,1-5H3. The number of hydrogen-bond donors (Lipinski definition) is 0. The molecule has 122 valence electrons. The molecule has 0 spiro atoms. The van der Waals surface area contributed by atoms with Gasteiger partial charge in [-0.3, -0.25) is 0 Å². The number of halogens is 1. The second kappa shape index (κ2) is 5.83. The lowest BCUT2D eigenvalue weighted by molar-refractivity contribution is 0.406. The number of sulfonamides is 1. The first-order valence-corrected chi connectivity index (χ1v) is 9.04. The van der Waals surface area contributed by atoms with Crippen LogP contribution < -0.4 is 0 Å². The molecule has 0 saturated carbocycles. The predicted molar refractivity (Wildman–Crippen MR) is 87.8 cm³/mol. The van der Waals surface area contributed by atoms with E-state index in [1.807, 2.05) is 20.8 Å². The molecule has 22 heavy (non-hydrogen) atoms. The molecule has 1 aromatic heterocycles. The van der Waals surface area contributed by atoms with Crippen molar-refractivity contribution >= 4 is 32.7 Å². The van der Waals surface area contributed by atoms with Crippen LogP contribution in [0, 0.1) is 0 Å². The monoisotopic (exact) mass is 344 g/mol. The molecule has 0 saturated heterocycles. The highest BCUT2D eigenvalue weighted by Crippen LogP contribution is 2.35. The summed E-state index contributed by atoms with van der Waals surface area (Å²) in [6.07, 6.45) is 0. The zero-order valence-corrected chi connectivity index (χ0v) is 15.0. The summed E-state index contributed by atoms with van der Waals surface area (Å²) >= 11 is 6.18. The lowest BCUT2D eigenvalue weighted by Gasteiger charge is -2.19. The first-order valence-electron chi connectivity index (χ1n) is 7.22. The van der Waals surface area contributed by atoms with Gasteiger partial charge in [-0.05, 0) is 12.1 Å². The molecular formula is C15H21ClN2O3S. The molecule has 0 fully saturated rings. The van der Waals surface area contributed by atoms with Crippen molar-refractivity contribution in [3.63, 3.8) is 0 Å². The summed E-state index contributed by atoms with van der Waals surface area (Å²) < 4.78 is 32.8. The molecule has 5 nitrogen and oxygen atoms in total. The SMILES string of the molecule is CCN(CC)S(=O)(=O)c1c(Cl)ccc2nc(C(C)(C)C)oc12. The van der Waals surface area contributed by atoms with E-state index in [4.69, 9.17) is 16.0 Å². The molecule has 0 aliphatic rings. The third kappa shape index (κ3) is 2.87. The normalized spacial score (nSPS) is 13.2. The molecule has 7 heteroatoms. The highest BCUT2D eigenvalue weighted by Gasteiger charge is 2.31. The minimum atomic E-state index is -3.72. The summed E-state index contributed by atoms with van der Waals surface area (Å²) in [6.45, 7) is 10.2. The van der Waals surface area contributed by atoms with Crippen LogP contribution in [0.4, 0.5) is 0 Å². The largest absolute Gasteiger partial charge is 0.439 e. The maximum Gasteiger partial charge on any atom is 0.248 e. The van der Waals surface area contributed by atoms with Crippen LogP contribution in [0.15, 0.2) is 21.4 Å². The third-order valence-corrected chi connectivity index (χ3v) is 5.95. The van der Waals surface area contributed by atoms with Crippen molar-refractivity contribution < 1.29 is 12.8 Å². The minimum Gasteiger partial charge on any atom is -0.439 e. The van der Waals surface area contributed by atoms with Crippen LogP contribution in [0.3, 0.4) is 0 Å². The summed E-state index contributed by atoms with van der Waals surface area (Å²) in [5.74, 6) is 0.487. The topological polar surface area (TPSA) is 63.4 Å². The molecule has 0 N–H and O–H groups in total. The van der Waals surface area contributed by atoms with E-state index in [0.717, 1.165) is 0 Å². The molecule has 0 radical (unpaired) electrons. The number of nitrogens with zero attached hydrogens (tertiary/aromatic N) is 2. The van der Waals surface area contributed by atoms with E-state index in [2.05, 4.69) is 4.98 Å². The van der Waals surface area contributed by atoms with Gasteiger partial charge in [0.15, 0.2) is 5.58 Å². The molecule has 0 aliphatic heterocycles. The van der Waals surface area contributed by atoms with Crippen LogP contribution in [-0.2, 0) is 15.4 Å². The molecule has 1 aromatic carbocycles. The van der Waals surface area contributed by atoms with Crippen LogP contribution >= 0.6 is 11.6 Å². The number of rotatable bonds is 4. The van der Waals surface area contributed by atoms with Gasteiger partial charge in [-0.2, -0.15) is 4.31 Å². The van der Waals surface area contributed by atoms with Crippen molar-refractivity contribution in [2.45, 2.75) is 44.9 Å². The molecule has 0 bridgehead atoms. The molecule has 0 unspecified atom stereocenters. The maximum atomic E-state index is 12.8. The summed E-state index contributed by atoms with van der Waals surface area (Å²) in [5.41, 5.74) is 0.409. The van der Waals surface area contributed by atoms with E-state index in [-0.39, 0.29) is 20.9 Å². The number of oxazole rings is 1. The Hall–Kier alpha value is -1.11. The van der Waals surface area contributed by atoms with Crippen LogP contribution in [0.5, 0.6) is 0 Å². The van der Waals surface area contributed by atoms with Crippen molar-refractivity contribution in [3.8, 4) is 0 Å². The predicted octanol–water partition coefficient (Wildman–Crippen LogP) is 3.81. The second-order valence-corrected chi connectivity index (χ2v) is 8.37. The van der Waals surface area contributed by atoms with Gasteiger partial charge in [0, 0.05) is 18.5 Å². The lowest BCUT2D eigenvalue weighted by Crippen LogP contribution is -2.30. The molecular weight excluding hydrogens is 324 g/mol. The highest BCUT2D eigenvalue weighted by atomic mass is 35.5. The lowest BCUT2D eigenvalue weighted by atomic mass is 9.97. The zero-order chi connectivity index (χ0) is 16.7. The van der Waals surface area contributed by atoms with Gasteiger partial charge in [0.2, 0.25) is 15.9 Å². The van der Waals surface area contributed by atoms with Gasteiger partial charge in [0.05, 0.1) is 5.02 Å². The van der Waals surface area contributed by atoms with Gasteiger partial charge < -0.3 is 4.42 Å². The Kier molecular flexibility index (Phi) is 4.57. The molecule has 0 amide bonds. The Balaban J connectivity index is 2.78. The highest BCUT2D eigenvalue weighted by molar-refractivity contribution is 7.89. The fraction of sp³-hybridized carbons (Fsp3) is 0.533. The van der Waals surface area contributed by atoms with E-state index in [9.17, 15) is 8.42 Å². The van der Waals surface area contributed by atoms with E-state index < -0.39 is 10.0 Å². The molecule has 1 heterocycles. The van der Waals surface area contributed by atoms with Crippen molar-refractivity contribution in [2.75, 3.05) is 13.1 Å². The molecule has 0 aliphatic carbocycles. The average Bonchev–Trinajstić information content (AvgIpc) is 2.82. The fourth-order valence-corrected chi connectivity index (χ4v) is 4.27. The van der Waals surface area contributed by atoms with Crippen molar-refractivity contribution in [1.82, 2.24) is 9.29 Å². The summed E-state index contributed by atoms with van der Waals surface area (Å²) in [4.78, 5) is 4.40. The maximum absolute atomic E-state index is 12.8. The van der Waals surface area contributed by atoms with Gasteiger partial charge in [-0.1, -0.05) is 46.2 Å². The summed E-state index contributed by atoms with van der Waals surface area (Å²) in [7, 11) is -3.72. The Morgan fingerprint density at radius 3 is 2.32 bits per heavy atom. The average molecular weight is 345 g/mol. The smallest absolute Gasteiger partial charge is 0.248 e. The van der Waals surface area contributed by atoms with Crippen LogP contribution in [0.2, 0.25) is 5.02 Å². The Morgan fingerprint density at radius 2 is 1.82 bits per heavy atom. The van der Waals surface area contributed by atoms with Crippen molar-refractivity contribution in [3.05, 3.63) is 23.0 Å². The summed E-state index contributed by atoms with van der Waals surface area (Å²) in [5, 5.41) is 0.149. The Bertz CT molecular complexity index is 787. The minimum absolute atomic E-state index is 0.00151. The van der Waals surface area contributed by atoms with Crippen LogP contribution in [-0.4, -0.2) is 30.8 Å². The molecule has 2 rings (SSSR count). The van der Waals surface area contributed by atoms with Crippen molar-refractivity contribution in [2.24, 2.45) is 0 Å². The van der Waals surface area contributed by atoms with Gasteiger partial charge in [-0.25, -0.2) is 13.4 Å². The second-order valence-electron chi connectivity index (χ2n) is 6.08. The fourth-order valence-electron chi connectivity index (χ4n) is 2.20. The van der Waals surface area contributed by atoms with E-state index in [0.29, 0.717) is 24.5 Å². The van der Waals surface area contributed by atoms with Gasteiger partial charge in [-0.15, -0.1) is 0 Å². The molecule has 2 aromatic rings. The van der Waals surface area contributed by atoms with E-state index in [1.165, 1.54) is 4.31 Å². The van der Waals surface area contributed by atoms with Crippen LogP contribution in [0.1, 0.15) is 40.5 Å². The molecule has 0 atom stereocenters. The van der Waals surface area contributed by atoms with Gasteiger partial charge >= 0.3 is 0 Å². The number of benzene rings is 1. The third-order valence-electron chi connectivity index (χ3n) is 3.41. The Labute approximate surface area is 136 Å². The number of hydrogen-bond acceptors (Lipinski definition) is 4. The van der Waals surface area contributed by atoms with Crippen LogP contribution in [0.25, 0.3) is 11.1 Å². The first kappa shape index (κ1) is 17.2. The van der Waals surface area contributed by atoms with Crippen molar-refractivity contribution in [1.29, 1.82) is 0 Å². The quantitative estimate of drug-likeness (QED) is 0.846. The zero-order valence-electron chi connectivity index (χ0n) is 13.5. The van der Waals surface area contributed by atoms with Gasteiger partial charge in [0.1, 0.15) is 10.4 Å².